The molecule has 0 fully saturated rings. The minimum Gasteiger partial charge on any atom is -0.484 e. The number of rotatable bonds is 5. The molecule has 1 amide bonds. The minimum atomic E-state index is -0.305. The van der Waals surface area contributed by atoms with E-state index in [1.807, 2.05) is 13.0 Å². The number of nitrogens with one attached hydrogen (secondary N) is 1. The average molecular weight is 397 g/mol. The van der Waals surface area contributed by atoms with Gasteiger partial charge in [-0.2, -0.15) is 0 Å². The van der Waals surface area contributed by atoms with Crippen molar-refractivity contribution in [2.24, 2.45) is 5.18 Å². The van der Waals surface area contributed by atoms with Crippen molar-refractivity contribution in [3.63, 3.8) is 0 Å². The van der Waals surface area contributed by atoms with Gasteiger partial charge in [0, 0.05) is 3.57 Å². The molecule has 0 spiro atoms. The molecule has 0 unspecified atom stereocenters. The summed E-state index contributed by atoms with van der Waals surface area (Å²) in [7, 11) is 0. The third-order valence-electron chi connectivity index (χ3n) is 2.60. The third kappa shape index (κ3) is 4.48. The first-order chi connectivity index (χ1) is 10.1. The van der Waals surface area contributed by atoms with E-state index in [-0.39, 0.29) is 12.5 Å². The van der Waals surface area contributed by atoms with E-state index in [0.29, 0.717) is 17.3 Å². The monoisotopic (exact) mass is 397 g/mol. The van der Waals surface area contributed by atoms with E-state index >= 15 is 0 Å². The number of halogens is 1. The number of nitrogens with zero attached hydrogens (tertiary/aromatic N) is 2. The molecule has 1 N–H and O–H groups in total. The van der Waals surface area contributed by atoms with Gasteiger partial charge in [0.05, 0.1) is 5.69 Å². The SMILES string of the molecule is Cc1nc(NC(=O)COc2ccc(N=O)cc2)ccc1I. The van der Waals surface area contributed by atoms with Crippen LogP contribution in [0.1, 0.15) is 5.69 Å². The Hall–Kier alpha value is -2.03. The Kier molecular flexibility index (Phi) is 5.20. The van der Waals surface area contributed by atoms with Crippen LogP contribution < -0.4 is 10.1 Å². The number of aryl methyl sites for hydroxylation is 1. The van der Waals surface area contributed by atoms with Crippen LogP contribution in [-0.4, -0.2) is 17.5 Å². The van der Waals surface area contributed by atoms with Crippen LogP contribution in [0.2, 0.25) is 0 Å². The number of anilines is 1. The molecular weight excluding hydrogens is 385 g/mol. The number of pyridine rings is 1. The van der Waals surface area contributed by atoms with E-state index in [9.17, 15) is 9.70 Å². The predicted octanol–water partition coefficient (Wildman–Crippen LogP) is 3.41. The number of aromatic nitrogens is 1. The van der Waals surface area contributed by atoms with Crippen molar-refractivity contribution in [3.05, 3.63) is 50.6 Å². The molecule has 0 radical (unpaired) electrons. The summed E-state index contributed by atoms with van der Waals surface area (Å²) in [5, 5.41) is 5.44. The number of nitroso groups, excluding NO2 is 1. The Bertz CT molecular complexity index is 659. The van der Waals surface area contributed by atoms with Crippen LogP contribution in [0.4, 0.5) is 11.5 Å². The second kappa shape index (κ2) is 7.11. The molecule has 21 heavy (non-hydrogen) atoms. The van der Waals surface area contributed by atoms with Crippen LogP contribution in [0.25, 0.3) is 0 Å². The molecule has 0 saturated heterocycles. The Morgan fingerprint density at radius 2 is 2.00 bits per heavy atom. The molecule has 6 nitrogen and oxygen atoms in total. The van der Waals surface area contributed by atoms with Gasteiger partial charge in [0.2, 0.25) is 0 Å². The van der Waals surface area contributed by atoms with E-state index in [0.717, 1.165) is 9.26 Å². The van der Waals surface area contributed by atoms with Gasteiger partial charge in [-0.05, 0) is 71.1 Å². The van der Waals surface area contributed by atoms with Gasteiger partial charge in [0.1, 0.15) is 17.3 Å². The quantitative estimate of drug-likeness (QED) is 0.620. The van der Waals surface area contributed by atoms with Gasteiger partial charge in [-0.1, -0.05) is 0 Å². The first-order valence-electron chi connectivity index (χ1n) is 6.07. The van der Waals surface area contributed by atoms with Crippen LogP contribution in [-0.2, 0) is 4.79 Å². The molecule has 1 aromatic carbocycles. The maximum Gasteiger partial charge on any atom is 0.263 e. The lowest BCUT2D eigenvalue weighted by atomic mass is 10.3. The summed E-state index contributed by atoms with van der Waals surface area (Å²) in [5.74, 6) is 0.673. The number of benzene rings is 1. The fraction of sp³-hybridized carbons (Fsp3) is 0.143. The molecule has 2 aromatic rings. The van der Waals surface area contributed by atoms with Gasteiger partial charge in [-0.25, -0.2) is 4.98 Å². The Balaban J connectivity index is 1.89. The number of hydrogen-bond donors (Lipinski definition) is 1. The molecule has 2 rings (SSSR count). The van der Waals surface area contributed by atoms with E-state index in [1.165, 1.54) is 12.1 Å². The van der Waals surface area contributed by atoms with E-state index in [1.54, 1.807) is 18.2 Å². The van der Waals surface area contributed by atoms with Crippen molar-refractivity contribution in [1.29, 1.82) is 0 Å². The molecule has 1 heterocycles. The van der Waals surface area contributed by atoms with Crippen molar-refractivity contribution in [1.82, 2.24) is 4.98 Å². The molecule has 0 bridgehead atoms. The van der Waals surface area contributed by atoms with Crippen LogP contribution in [0.15, 0.2) is 41.6 Å². The summed E-state index contributed by atoms with van der Waals surface area (Å²) >= 11 is 2.17. The molecule has 0 saturated carbocycles. The summed E-state index contributed by atoms with van der Waals surface area (Å²) in [4.78, 5) is 26.3. The minimum absolute atomic E-state index is 0.138. The van der Waals surface area contributed by atoms with Gasteiger partial charge < -0.3 is 10.1 Å². The molecule has 0 aliphatic carbocycles. The number of carbonyl (C=O) groups excluding carboxylic acids is 1. The number of ether oxygens (including phenoxy) is 1. The summed E-state index contributed by atoms with van der Waals surface area (Å²) in [6.07, 6.45) is 0. The highest BCUT2D eigenvalue weighted by atomic mass is 127. The lowest BCUT2D eigenvalue weighted by Crippen LogP contribution is -2.20. The highest BCUT2D eigenvalue weighted by Gasteiger charge is 2.06. The average Bonchev–Trinajstić information content (AvgIpc) is 2.49. The number of amides is 1. The maximum absolute atomic E-state index is 11.8. The van der Waals surface area contributed by atoms with Crippen molar-refractivity contribution < 1.29 is 9.53 Å². The maximum atomic E-state index is 11.8. The molecular formula is C14H12IN3O3. The predicted molar refractivity (Wildman–Crippen MR) is 87.7 cm³/mol. The summed E-state index contributed by atoms with van der Waals surface area (Å²) in [6.45, 7) is 1.73. The zero-order valence-electron chi connectivity index (χ0n) is 11.2. The van der Waals surface area contributed by atoms with Gasteiger partial charge in [0.25, 0.3) is 5.91 Å². The molecule has 1 aromatic heterocycles. The highest BCUT2D eigenvalue weighted by Crippen LogP contribution is 2.17. The lowest BCUT2D eigenvalue weighted by Gasteiger charge is -2.08. The molecule has 7 heteroatoms. The largest absolute Gasteiger partial charge is 0.484 e. The lowest BCUT2D eigenvalue weighted by molar-refractivity contribution is -0.118. The fourth-order valence-electron chi connectivity index (χ4n) is 1.54. The highest BCUT2D eigenvalue weighted by molar-refractivity contribution is 14.1. The number of hydrogen-bond acceptors (Lipinski definition) is 5. The zero-order valence-corrected chi connectivity index (χ0v) is 13.3. The summed E-state index contributed by atoms with van der Waals surface area (Å²) in [6, 6.07) is 9.81. The fourth-order valence-corrected chi connectivity index (χ4v) is 1.85. The Morgan fingerprint density at radius 3 is 2.62 bits per heavy atom. The topological polar surface area (TPSA) is 80.7 Å². The van der Waals surface area contributed by atoms with Gasteiger partial charge in [-0.3, -0.25) is 4.79 Å². The van der Waals surface area contributed by atoms with Gasteiger partial charge >= 0.3 is 0 Å². The molecule has 0 aliphatic heterocycles. The van der Waals surface area contributed by atoms with Crippen LogP contribution in [0, 0.1) is 15.4 Å². The van der Waals surface area contributed by atoms with E-state index < -0.39 is 0 Å². The summed E-state index contributed by atoms with van der Waals surface area (Å²) < 4.78 is 6.34. The van der Waals surface area contributed by atoms with Crippen LogP contribution in [0.5, 0.6) is 5.75 Å². The second-order valence-electron chi connectivity index (χ2n) is 4.19. The van der Waals surface area contributed by atoms with E-state index in [2.05, 4.69) is 38.1 Å². The van der Waals surface area contributed by atoms with Gasteiger partial charge in [0.15, 0.2) is 6.61 Å². The first kappa shape index (κ1) is 15.4. The Morgan fingerprint density at radius 1 is 1.29 bits per heavy atom. The van der Waals surface area contributed by atoms with Crippen LogP contribution in [0.3, 0.4) is 0 Å². The first-order valence-corrected chi connectivity index (χ1v) is 7.15. The van der Waals surface area contributed by atoms with Crippen molar-refractivity contribution in [2.75, 3.05) is 11.9 Å². The standard InChI is InChI=1S/C14H12IN3O3/c1-9-12(15)6-7-13(16-9)17-14(19)8-21-11-4-2-10(18-20)3-5-11/h2-7H,8H2,1H3,(H,16,17,19). The molecule has 0 atom stereocenters. The molecule has 108 valence electrons. The second-order valence-corrected chi connectivity index (χ2v) is 5.35. The molecule has 0 aliphatic rings. The zero-order chi connectivity index (χ0) is 15.2. The van der Waals surface area contributed by atoms with Gasteiger partial charge in [-0.15, -0.1) is 4.91 Å². The van der Waals surface area contributed by atoms with E-state index in [4.69, 9.17) is 4.74 Å². The van der Waals surface area contributed by atoms with Crippen molar-refractivity contribution >= 4 is 40.0 Å². The van der Waals surface area contributed by atoms with Crippen molar-refractivity contribution in [2.45, 2.75) is 6.92 Å². The van der Waals surface area contributed by atoms with Crippen molar-refractivity contribution in [3.8, 4) is 5.75 Å². The van der Waals surface area contributed by atoms with Crippen LogP contribution >= 0.6 is 22.6 Å². The summed E-state index contributed by atoms with van der Waals surface area (Å²) in [5.41, 5.74) is 1.16. The third-order valence-corrected chi connectivity index (χ3v) is 3.74. The number of carbonyl (C=O) groups is 1. The Labute approximate surface area is 135 Å². The smallest absolute Gasteiger partial charge is 0.263 e. The normalized spacial score (nSPS) is 10.0.